The van der Waals surface area contributed by atoms with E-state index in [1.54, 1.807) is 0 Å². The van der Waals surface area contributed by atoms with E-state index in [0.29, 0.717) is 0 Å². The van der Waals surface area contributed by atoms with Crippen molar-refractivity contribution >= 4 is 11.9 Å². The molecule has 4 nitrogen and oxygen atoms in total. The van der Waals surface area contributed by atoms with Crippen LogP contribution in [0.3, 0.4) is 0 Å². The van der Waals surface area contributed by atoms with E-state index in [9.17, 15) is 4.79 Å². The SMILES string of the molecule is CC(=O)O.CC(=O)[O][Pd]. The molecule has 0 aliphatic carbocycles. The van der Waals surface area contributed by atoms with Gasteiger partial charge < -0.3 is 5.11 Å². The molecule has 0 spiro atoms. The Hall–Kier alpha value is -0.398. The number of rotatable bonds is 0. The number of hydrogen-bond acceptors (Lipinski definition) is 3. The summed E-state index contributed by atoms with van der Waals surface area (Å²) in [6.45, 7) is 2.41. The third-order valence-electron chi connectivity index (χ3n) is 0.0909. The molecule has 0 aromatic carbocycles. The van der Waals surface area contributed by atoms with Crippen molar-refractivity contribution in [3.05, 3.63) is 0 Å². The Morgan fingerprint density at radius 2 is 1.56 bits per heavy atom. The molecule has 0 unspecified atom stereocenters. The van der Waals surface area contributed by atoms with Crippen molar-refractivity contribution in [2.45, 2.75) is 13.8 Å². The summed E-state index contributed by atoms with van der Waals surface area (Å²) >= 11 is 2.24. The van der Waals surface area contributed by atoms with E-state index in [4.69, 9.17) is 9.90 Å². The van der Waals surface area contributed by atoms with E-state index in [1.807, 2.05) is 0 Å². The fraction of sp³-hybridized carbons (Fsp3) is 0.500. The molecule has 0 heterocycles. The predicted molar refractivity (Wildman–Crippen MR) is 25.1 cm³/mol. The summed E-state index contributed by atoms with van der Waals surface area (Å²) in [7, 11) is 0. The van der Waals surface area contributed by atoms with Crippen LogP contribution in [0.1, 0.15) is 13.8 Å². The molecular weight excluding hydrogens is 218 g/mol. The van der Waals surface area contributed by atoms with E-state index in [2.05, 4.69) is 23.0 Å². The number of hydrogen-bond donors (Lipinski definition) is 1. The first-order valence-electron chi connectivity index (χ1n) is 1.97. The molecule has 0 aliphatic heterocycles. The summed E-state index contributed by atoms with van der Waals surface area (Å²) < 4.78 is 3.96. The maximum atomic E-state index is 9.55. The van der Waals surface area contributed by atoms with Crippen molar-refractivity contribution in [3.8, 4) is 0 Å². The number of carbonyl (C=O) groups excluding carboxylic acids is 1. The molecule has 0 atom stereocenters. The number of carbonyl (C=O) groups is 2. The molecule has 0 bridgehead atoms. The zero-order valence-corrected chi connectivity index (χ0v) is 6.54. The minimum absolute atomic E-state index is 0.312. The molecule has 0 aliphatic rings. The fourth-order valence-electron chi connectivity index (χ4n) is 0. The summed E-state index contributed by atoms with van der Waals surface area (Å²) in [5.74, 6) is -1.15. The van der Waals surface area contributed by atoms with Crippen LogP contribution in [0.2, 0.25) is 0 Å². The van der Waals surface area contributed by atoms with Crippen LogP contribution in [0.5, 0.6) is 0 Å². The number of carboxylic acids is 1. The van der Waals surface area contributed by atoms with Crippen LogP contribution in [0, 0.1) is 0 Å². The molecule has 0 saturated carbocycles. The van der Waals surface area contributed by atoms with E-state index in [-0.39, 0.29) is 5.97 Å². The van der Waals surface area contributed by atoms with Crippen LogP contribution in [0.4, 0.5) is 0 Å². The molecule has 0 aromatic rings. The molecule has 0 radical (unpaired) electrons. The van der Waals surface area contributed by atoms with Crippen LogP contribution >= 0.6 is 0 Å². The second-order valence-electron chi connectivity index (χ2n) is 1.08. The minimum atomic E-state index is -0.833. The maximum absolute atomic E-state index is 9.55. The van der Waals surface area contributed by atoms with Crippen molar-refractivity contribution < 1.29 is 37.7 Å². The second-order valence-corrected chi connectivity index (χ2v) is 1.39. The van der Waals surface area contributed by atoms with E-state index < -0.39 is 5.97 Å². The third-order valence-corrected chi connectivity index (χ3v) is 0.538. The van der Waals surface area contributed by atoms with Crippen molar-refractivity contribution in [1.82, 2.24) is 0 Å². The molecule has 1 N–H and O–H groups in total. The number of carboxylic acid groups (broad SMARTS) is 1. The second kappa shape index (κ2) is 7.60. The first-order valence-corrected chi connectivity index (χ1v) is 2.60. The summed E-state index contributed by atoms with van der Waals surface area (Å²) in [6, 6.07) is 0. The quantitative estimate of drug-likeness (QED) is 0.594. The van der Waals surface area contributed by atoms with Crippen molar-refractivity contribution in [3.63, 3.8) is 0 Å². The average molecular weight is 226 g/mol. The van der Waals surface area contributed by atoms with Crippen LogP contribution < -0.4 is 0 Å². The van der Waals surface area contributed by atoms with Crippen molar-refractivity contribution in [1.29, 1.82) is 0 Å². The number of aliphatic carboxylic acids is 1. The standard InChI is InChI=1S/2C2H4O2.Pd/c2*1-2(3)4;/h2*1H3,(H,3,4);/q;;+1/p-1. The predicted octanol–water partition coefficient (Wildman–Crippen LogP) is 0.102. The van der Waals surface area contributed by atoms with Gasteiger partial charge in [0.2, 0.25) is 0 Å². The van der Waals surface area contributed by atoms with Gasteiger partial charge in [-0.15, -0.1) is 0 Å². The monoisotopic (exact) mass is 225 g/mol. The first kappa shape index (κ1) is 11.4. The molecule has 0 saturated heterocycles. The van der Waals surface area contributed by atoms with Gasteiger partial charge in [-0.05, 0) is 0 Å². The van der Waals surface area contributed by atoms with Gasteiger partial charge in [0, 0.05) is 6.92 Å². The van der Waals surface area contributed by atoms with Gasteiger partial charge in [0.25, 0.3) is 5.97 Å². The molecule has 9 heavy (non-hydrogen) atoms. The van der Waals surface area contributed by atoms with Gasteiger partial charge in [-0.2, -0.15) is 0 Å². The molecule has 5 heteroatoms. The van der Waals surface area contributed by atoms with Gasteiger partial charge in [-0.1, -0.05) is 0 Å². The Balaban J connectivity index is 0. The van der Waals surface area contributed by atoms with E-state index in [0.717, 1.165) is 6.92 Å². The van der Waals surface area contributed by atoms with Crippen molar-refractivity contribution in [2.24, 2.45) is 0 Å². The summed E-state index contributed by atoms with van der Waals surface area (Å²) in [5.41, 5.74) is 0. The summed E-state index contributed by atoms with van der Waals surface area (Å²) in [5, 5.41) is 7.42. The van der Waals surface area contributed by atoms with Gasteiger partial charge in [0.05, 0.1) is 0 Å². The van der Waals surface area contributed by atoms with Gasteiger partial charge in [0.1, 0.15) is 0 Å². The van der Waals surface area contributed by atoms with Crippen LogP contribution in [-0.4, -0.2) is 17.0 Å². The summed E-state index contributed by atoms with van der Waals surface area (Å²) in [6.07, 6.45) is 0. The Bertz CT molecular complexity index is 96.7. The van der Waals surface area contributed by atoms with Gasteiger partial charge >= 0.3 is 40.7 Å². The topological polar surface area (TPSA) is 63.6 Å². The summed E-state index contributed by atoms with van der Waals surface area (Å²) in [4.78, 5) is 18.6. The van der Waals surface area contributed by atoms with Crippen LogP contribution in [0.25, 0.3) is 0 Å². The normalized spacial score (nSPS) is 6.67. The molecule has 0 aromatic heterocycles. The third kappa shape index (κ3) is 92.9. The van der Waals surface area contributed by atoms with E-state index in [1.165, 1.54) is 6.92 Å². The van der Waals surface area contributed by atoms with Crippen LogP contribution in [-0.2, 0) is 32.6 Å². The van der Waals surface area contributed by atoms with Crippen molar-refractivity contribution in [2.75, 3.05) is 0 Å². The molecular formula is C4H7O4Pd. The van der Waals surface area contributed by atoms with Gasteiger partial charge in [-0.3, -0.25) is 4.79 Å². The Labute approximate surface area is 64.0 Å². The zero-order chi connectivity index (χ0) is 7.86. The van der Waals surface area contributed by atoms with Crippen LogP contribution in [0.15, 0.2) is 0 Å². The van der Waals surface area contributed by atoms with Gasteiger partial charge in [0.15, 0.2) is 0 Å². The van der Waals surface area contributed by atoms with E-state index >= 15 is 0 Å². The van der Waals surface area contributed by atoms with Gasteiger partial charge in [-0.25, -0.2) is 0 Å². The first-order chi connectivity index (χ1) is 4.00. The fourth-order valence-corrected chi connectivity index (χ4v) is 0. The molecule has 0 amide bonds. The molecule has 0 fully saturated rings. The Morgan fingerprint density at radius 1 is 1.44 bits per heavy atom. The molecule has 0 rings (SSSR count). The Kier molecular flexibility index (Phi) is 9.63. The molecule has 57 valence electrons. The zero-order valence-electron chi connectivity index (χ0n) is 4.99. The Morgan fingerprint density at radius 3 is 1.56 bits per heavy atom. The average Bonchev–Trinajstić information content (AvgIpc) is 1.65.